The van der Waals surface area contributed by atoms with Crippen molar-refractivity contribution in [1.29, 1.82) is 0 Å². The third-order valence-corrected chi connectivity index (χ3v) is 7.01. The summed E-state index contributed by atoms with van der Waals surface area (Å²) in [5.41, 5.74) is 7.24. The predicted molar refractivity (Wildman–Crippen MR) is 132 cm³/mol. The molecule has 2 aromatic rings. The number of nitrogens with one attached hydrogen (secondary N) is 1. The lowest BCUT2D eigenvalue weighted by Gasteiger charge is -2.24. The maximum absolute atomic E-state index is 5.83. The van der Waals surface area contributed by atoms with E-state index in [0.717, 1.165) is 38.2 Å². The second-order valence-electron chi connectivity index (χ2n) is 9.61. The molecule has 0 saturated carbocycles. The van der Waals surface area contributed by atoms with E-state index in [1.807, 2.05) is 0 Å². The van der Waals surface area contributed by atoms with E-state index in [1.165, 1.54) is 34.2 Å². The summed E-state index contributed by atoms with van der Waals surface area (Å²) in [5.74, 6) is 2.72. The van der Waals surface area contributed by atoms with Crippen LogP contribution in [0.1, 0.15) is 73.6 Å². The molecule has 0 radical (unpaired) electrons. The van der Waals surface area contributed by atoms with Gasteiger partial charge in [-0.1, -0.05) is 56.3 Å². The molecule has 1 N–H and O–H groups in total. The Morgan fingerprint density at radius 2 is 1.94 bits per heavy atom. The Morgan fingerprint density at radius 3 is 2.55 bits per heavy atom. The SMILES string of the molecule is C=C[C@@H](C)CC(C)c1ccc(C2=CCC(c3ccc(OCC4CN4)cc3)CC2)cc1C. The van der Waals surface area contributed by atoms with E-state index in [-0.39, 0.29) is 0 Å². The Hall–Kier alpha value is -2.32. The number of aryl methyl sites for hydroxylation is 1. The summed E-state index contributed by atoms with van der Waals surface area (Å²) < 4.78 is 5.83. The normalized spacial score (nSPS) is 22.4. The molecule has 4 atom stereocenters. The van der Waals surface area contributed by atoms with Crippen LogP contribution in [0.4, 0.5) is 0 Å². The number of rotatable bonds is 9. The van der Waals surface area contributed by atoms with E-state index in [4.69, 9.17) is 4.74 Å². The first-order valence-electron chi connectivity index (χ1n) is 11.9. The van der Waals surface area contributed by atoms with Crippen LogP contribution in [-0.2, 0) is 0 Å². The molecule has 1 saturated heterocycles. The molecule has 164 valence electrons. The standard InChI is InChI=1S/C29H37NO/c1-5-20(2)16-21(3)29-15-12-26(17-22(29)4)25-8-6-23(7-9-25)24-10-13-28(14-11-24)31-19-27-18-30-27/h5,8,10-15,17,20-21,23,27,30H,1,6-7,9,16,18-19H2,2-4H3/t20-,21?,23?,27?/m1/s1. The zero-order valence-electron chi connectivity index (χ0n) is 19.4. The molecular formula is C29H37NO. The fourth-order valence-corrected chi connectivity index (χ4v) is 4.84. The van der Waals surface area contributed by atoms with Gasteiger partial charge in [0.2, 0.25) is 0 Å². The Kier molecular flexibility index (Phi) is 6.97. The van der Waals surface area contributed by atoms with Crippen molar-refractivity contribution in [3.8, 4) is 5.75 Å². The second-order valence-corrected chi connectivity index (χ2v) is 9.61. The van der Waals surface area contributed by atoms with Crippen molar-refractivity contribution in [1.82, 2.24) is 5.32 Å². The van der Waals surface area contributed by atoms with Gasteiger partial charge in [0.05, 0.1) is 6.04 Å². The third kappa shape index (κ3) is 5.68. The van der Waals surface area contributed by atoms with Crippen molar-refractivity contribution in [3.63, 3.8) is 0 Å². The molecule has 2 aromatic carbocycles. The minimum Gasteiger partial charge on any atom is -0.492 e. The summed E-state index contributed by atoms with van der Waals surface area (Å²) in [4.78, 5) is 0. The monoisotopic (exact) mass is 415 g/mol. The molecule has 31 heavy (non-hydrogen) atoms. The van der Waals surface area contributed by atoms with Gasteiger partial charge in [-0.3, -0.25) is 0 Å². The minimum absolute atomic E-state index is 0.554. The molecular weight excluding hydrogens is 378 g/mol. The second kappa shape index (κ2) is 9.87. The molecule has 2 aliphatic rings. The summed E-state index contributed by atoms with van der Waals surface area (Å²) in [6.45, 7) is 12.7. The fourth-order valence-electron chi connectivity index (χ4n) is 4.84. The highest BCUT2D eigenvalue weighted by Crippen LogP contribution is 2.37. The van der Waals surface area contributed by atoms with Gasteiger partial charge in [-0.15, -0.1) is 6.58 Å². The third-order valence-electron chi connectivity index (χ3n) is 7.01. The lowest BCUT2D eigenvalue weighted by Crippen LogP contribution is -2.07. The molecule has 1 fully saturated rings. The van der Waals surface area contributed by atoms with Gasteiger partial charge < -0.3 is 10.1 Å². The van der Waals surface area contributed by atoms with Crippen LogP contribution in [0.5, 0.6) is 5.75 Å². The lowest BCUT2D eigenvalue weighted by atomic mass is 9.81. The van der Waals surface area contributed by atoms with Gasteiger partial charge in [-0.05, 0) is 90.3 Å². The smallest absolute Gasteiger partial charge is 0.119 e. The maximum atomic E-state index is 5.83. The summed E-state index contributed by atoms with van der Waals surface area (Å²) in [7, 11) is 0. The minimum atomic E-state index is 0.554. The van der Waals surface area contributed by atoms with Gasteiger partial charge in [0.25, 0.3) is 0 Å². The largest absolute Gasteiger partial charge is 0.492 e. The van der Waals surface area contributed by atoms with E-state index in [2.05, 4.69) is 87.3 Å². The molecule has 2 heteroatoms. The van der Waals surface area contributed by atoms with Crippen LogP contribution >= 0.6 is 0 Å². The molecule has 1 heterocycles. The first kappa shape index (κ1) is 21.9. The number of benzene rings is 2. The average molecular weight is 416 g/mol. The van der Waals surface area contributed by atoms with Crippen molar-refractivity contribution < 1.29 is 4.74 Å². The van der Waals surface area contributed by atoms with Crippen LogP contribution < -0.4 is 10.1 Å². The van der Waals surface area contributed by atoms with Gasteiger partial charge in [0.15, 0.2) is 0 Å². The molecule has 0 aromatic heterocycles. The van der Waals surface area contributed by atoms with E-state index in [1.54, 1.807) is 0 Å². The zero-order chi connectivity index (χ0) is 21.8. The van der Waals surface area contributed by atoms with E-state index in [0.29, 0.717) is 23.8 Å². The predicted octanol–water partition coefficient (Wildman–Crippen LogP) is 7.01. The lowest BCUT2D eigenvalue weighted by molar-refractivity contribution is 0.319. The van der Waals surface area contributed by atoms with Crippen molar-refractivity contribution in [3.05, 3.63) is 83.4 Å². The topological polar surface area (TPSA) is 31.2 Å². The van der Waals surface area contributed by atoms with E-state index < -0.39 is 0 Å². The van der Waals surface area contributed by atoms with E-state index in [9.17, 15) is 0 Å². The number of hydrogen-bond donors (Lipinski definition) is 1. The van der Waals surface area contributed by atoms with Crippen LogP contribution in [0.25, 0.3) is 5.57 Å². The Labute approximate surface area is 188 Å². The molecule has 3 unspecified atom stereocenters. The Morgan fingerprint density at radius 1 is 1.16 bits per heavy atom. The van der Waals surface area contributed by atoms with Crippen LogP contribution in [0, 0.1) is 12.8 Å². The van der Waals surface area contributed by atoms with Gasteiger partial charge in [0.1, 0.15) is 12.4 Å². The highest BCUT2D eigenvalue weighted by molar-refractivity contribution is 5.67. The van der Waals surface area contributed by atoms with Crippen LogP contribution in [-0.4, -0.2) is 19.2 Å². The number of hydrogen-bond acceptors (Lipinski definition) is 2. The molecule has 0 spiro atoms. The van der Waals surface area contributed by atoms with Crippen molar-refractivity contribution in [2.45, 2.75) is 64.3 Å². The maximum Gasteiger partial charge on any atom is 0.119 e. The average Bonchev–Trinajstić information content (AvgIpc) is 3.62. The van der Waals surface area contributed by atoms with Gasteiger partial charge in [-0.25, -0.2) is 0 Å². The highest BCUT2D eigenvalue weighted by atomic mass is 16.5. The zero-order valence-corrected chi connectivity index (χ0v) is 19.4. The first-order valence-corrected chi connectivity index (χ1v) is 11.9. The van der Waals surface area contributed by atoms with Crippen LogP contribution in [0.15, 0.2) is 61.2 Å². The summed E-state index contributed by atoms with van der Waals surface area (Å²) in [5, 5.41) is 3.27. The quantitative estimate of drug-likeness (QED) is 0.353. The molecule has 0 amide bonds. The number of allylic oxidation sites excluding steroid dienone is 3. The van der Waals surface area contributed by atoms with Crippen LogP contribution in [0.2, 0.25) is 0 Å². The van der Waals surface area contributed by atoms with Gasteiger partial charge >= 0.3 is 0 Å². The summed E-state index contributed by atoms with van der Waals surface area (Å²) in [6.07, 6.45) is 9.18. The van der Waals surface area contributed by atoms with Gasteiger partial charge in [-0.2, -0.15) is 0 Å². The summed E-state index contributed by atoms with van der Waals surface area (Å²) in [6, 6.07) is 16.4. The van der Waals surface area contributed by atoms with Crippen molar-refractivity contribution in [2.75, 3.05) is 13.2 Å². The Bertz CT molecular complexity index is 922. The van der Waals surface area contributed by atoms with Gasteiger partial charge in [0, 0.05) is 6.54 Å². The summed E-state index contributed by atoms with van der Waals surface area (Å²) >= 11 is 0. The van der Waals surface area contributed by atoms with Crippen molar-refractivity contribution in [2.24, 2.45) is 5.92 Å². The van der Waals surface area contributed by atoms with E-state index >= 15 is 0 Å². The highest BCUT2D eigenvalue weighted by Gasteiger charge is 2.21. The van der Waals surface area contributed by atoms with Crippen molar-refractivity contribution >= 4 is 5.57 Å². The molecule has 0 bridgehead atoms. The number of ether oxygens (including phenoxy) is 1. The first-order chi connectivity index (χ1) is 15.0. The molecule has 1 aliphatic carbocycles. The molecule has 2 nitrogen and oxygen atoms in total. The van der Waals surface area contributed by atoms with Crippen LogP contribution in [0.3, 0.4) is 0 Å². The Balaban J connectivity index is 1.37. The molecule has 1 aliphatic heterocycles. The molecule has 4 rings (SSSR count). The fraction of sp³-hybridized carbons (Fsp3) is 0.448.